The Morgan fingerprint density at radius 2 is 0.675 bits per heavy atom. The van der Waals surface area contributed by atoms with Gasteiger partial charge in [0.25, 0.3) is 0 Å². The molecule has 0 saturated heterocycles. The number of rotatable bonds is 12. The summed E-state index contributed by atoms with van der Waals surface area (Å²) in [6, 6.07) is 44.7. The predicted molar refractivity (Wildman–Crippen MR) is 169 cm³/mol. The maximum atomic E-state index is 4.19. The minimum absolute atomic E-state index is 0. The fourth-order valence-corrected chi connectivity index (χ4v) is 27.7. The molecule has 4 aromatic carbocycles. The van der Waals surface area contributed by atoms with Crippen LogP contribution in [0.15, 0.2) is 121 Å². The predicted octanol–water partition coefficient (Wildman–Crippen LogP) is -3.16. The van der Waals surface area contributed by atoms with Crippen molar-refractivity contribution >= 4 is 53.5 Å². The van der Waals surface area contributed by atoms with Gasteiger partial charge in [-0.15, -0.1) is 0 Å². The maximum absolute atomic E-state index is 4.19. The Morgan fingerprint density at radius 3 is 0.900 bits per heavy atom. The van der Waals surface area contributed by atoms with E-state index in [1.165, 1.54) is 32.8 Å². The molecule has 4 rings (SSSR count). The van der Waals surface area contributed by atoms with Gasteiger partial charge in [-0.2, -0.15) is 0 Å². The van der Waals surface area contributed by atoms with Crippen LogP contribution in [0.4, 0.5) is 0 Å². The summed E-state index contributed by atoms with van der Waals surface area (Å²) in [5, 5.41) is 5.98. The first-order valence-corrected chi connectivity index (χ1v) is 24.8. The van der Waals surface area contributed by atoms with Gasteiger partial charge in [0.1, 0.15) is 0 Å². The van der Waals surface area contributed by atoms with E-state index in [4.69, 9.17) is 0 Å². The third-order valence-electron chi connectivity index (χ3n) is 6.18. The molecule has 40 heavy (non-hydrogen) atoms. The Morgan fingerprint density at radius 1 is 0.450 bits per heavy atom. The topological polar surface area (TPSA) is 24.1 Å². The van der Waals surface area contributed by atoms with Gasteiger partial charge in [-0.05, 0) is 0 Å². The zero-order chi connectivity index (χ0) is 26.1. The van der Waals surface area contributed by atoms with Crippen LogP contribution in [0, 0.1) is 0 Å². The Bertz CT molecular complexity index is 1050. The van der Waals surface area contributed by atoms with Gasteiger partial charge >= 0.3 is 242 Å². The summed E-state index contributed by atoms with van der Waals surface area (Å²) in [5.74, 6) is 2.56. The zero-order valence-corrected chi connectivity index (χ0v) is 32.0. The zero-order valence-electron chi connectivity index (χ0n) is 23.5. The van der Waals surface area contributed by atoms with Crippen LogP contribution >= 0.6 is 15.8 Å². The monoisotopic (exact) mass is 739 g/mol. The van der Waals surface area contributed by atoms with E-state index in [2.05, 4.69) is 153 Å². The largest absolute Gasteiger partial charge is 1.00 e. The van der Waals surface area contributed by atoms with Gasteiger partial charge in [0, 0.05) is 0 Å². The van der Waals surface area contributed by atoms with E-state index in [-0.39, 0.29) is 53.1 Å². The minimum Gasteiger partial charge on any atom is -1.00 e. The van der Waals surface area contributed by atoms with Crippen LogP contribution in [0.2, 0.25) is 26.2 Å². The van der Waals surface area contributed by atoms with Crippen molar-refractivity contribution in [3.8, 4) is 0 Å². The van der Waals surface area contributed by atoms with Crippen LogP contribution in [-0.4, -0.2) is 28.0 Å². The molecule has 2 nitrogen and oxygen atoms in total. The van der Waals surface area contributed by atoms with Crippen molar-refractivity contribution in [1.29, 1.82) is 0 Å². The number of hydrogen-bond acceptors (Lipinski definition) is 2. The van der Waals surface area contributed by atoms with E-state index in [0.29, 0.717) is 0 Å². The van der Waals surface area contributed by atoms with Gasteiger partial charge < -0.3 is 37.2 Å². The van der Waals surface area contributed by atoms with Crippen molar-refractivity contribution in [2.45, 2.75) is 26.2 Å². The molecule has 10 heteroatoms. The summed E-state index contributed by atoms with van der Waals surface area (Å²) < 4.78 is 8.39. The van der Waals surface area contributed by atoms with Gasteiger partial charge in [-0.25, -0.2) is 0 Å². The summed E-state index contributed by atoms with van der Waals surface area (Å²) in [5.41, 5.74) is 0. The summed E-state index contributed by atoms with van der Waals surface area (Å²) >= 11 is -0.885. The van der Waals surface area contributed by atoms with Crippen LogP contribution < -0.4 is 64.3 Å². The average Bonchev–Trinajstić information content (AvgIpc) is 2.92. The van der Waals surface area contributed by atoms with Crippen LogP contribution in [0.25, 0.3) is 0 Å². The second-order valence-corrected chi connectivity index (χ2v) is 29.3. The molecule has 0 unspecified atom stereocenters. The third-order valence-corrected chi connectivity index (χ3v) is 32.1. The smallest absolute Gasteiger partial charge is 1.00 e. The van der Waals surface area contributed by atoms with Crippen molar-refractivity contribution in [3.63, 3.8) is 0 Å². The molecule has 211 valence electrons. The van der Waals surface area contributed by atoms with Crippen molar-refractivity contribution in [3.05, 3.63) is 121 Å². The van der Waals surface area contributed by atoms with Crippen molar-refractivity contribution in [2.24, 2.45) is 0 Å². The molecule has 0 spiro atoms. The Balaban J connectivity index is 0.00000267. The second-order valence-electron chi connectivity index (χ2n) is 10.7. The molecule has 0 radical (unpaired) electrons. The molecule has 0 saturated carbocycles. The molecule has 0 aliphatic rings. The SMILES string of the molecule is C[Si](C)(CP(c1ccccc1)c1ccccc1)[NH][Zr+3][NH][Si](C)(C)CP(c1ccccc1)c1ccccc1.[Cl-].[Cl-].[Cl-]. The second kappa shape index (κ2) is 18.5. The van der Waals surface area contributed by atoms with Gasteiger partial charge in [-0.1, -0.05) is 0 Å². The Hall–Kier alpha value is -0.153. The average molecular weight is 742 g/mol. The maximum Gasteiger partial charge on any atom is -1.00 e. The normalized spacial score (nSPS) is 11.2. The van der Waals surface area contributed by atoms with E-state index < -0.39 is 40.3 Å². The first-order chi connectivity index (χ1) is 17.8. The number of halogens is 3. The summed E-state index contributed by atoms with van der Waals surface area (Å²) in [6.07, 6.45) is 0. The van der Waals surface area contributed by atoms with Crippen LogP contribution in [0.1, 0.15) is 0 Å². The first-order valence-electron chi connectivity index (χ1n) is 12.9. The minimum atomic E-state index is -1.58. The standard InChI is InChI=1S/2C15H19NPSi.3ClH.Zr/c2*1-18(2,16)13-17(14-9-5-3-6-10-14)15-11-7-4-8-12-15;;;;/h2*3-12,16H,13H2,1-2H3;3*1H;/q2*-1;;;;+5/p-3. The molecule has 4 aromatic rings. The van der Waals surface area contributed by atoms with Gasteiger partial charge in [0.2, 0.25) is 0 Å². The van der Waals surface area contributed by atoms with E-state index in [9.17, 15) is 0 Å². The Kier molecular flexibility index (Phi) is 17.5. The summed E-state index contributed by atoms with van der Waals surface area (Å²) in [4.78, 5) is 0. The molecule has 0 aliphatic heterocycles. The van der Waals surface area contributed by atoms with E-state index in [0.717, 1.165) is 0 Å². The molecule has 0 fully saturated rings. The molecule has 0 bridgehead atoms. The number of nitrogens with one attached hydrogen (secondary N) is 2. The van der Waals surface area contributed by atoms with E-state index in [1.54, 1.807) is 0 Å². The fraction of sp³-hybridized carbons (Fsp3) is 0.200. The summed E-state index contributed by atoms with van der Waals surface area (Å²) in [7, 11) is -3.85. The number of benzene rings is 4. The molecule has 0 aromatic heterocycles. The van der Waals surface area contributed by atoms with Crippen LogP contribution in [0.5, 0.6) is 0 Å². The van der Waals surface area contributed by atoms with Crippen LogP contribution in [0.3, 0.4) is 0 Å². The summed E-state index contributed by atoms with van der Waals surface area (Å²) in [6.45, 7) is 10.1. The molecule has 0 amide bonds. The molecule has 0 atom stereocenters. The fourth-order valence-electron chi connectivity index (χ4n) is 4.33. The molecule has 2 N–H and O–H groups in total. The van der Waals surface area contributed by atoms with Crippen LogP contribution in [-0.2, 0) is 23.8 Å². The van der Waals surface area contributed by atoms with Crippen molar-refractivity contribution in [2.75, 3.05) is 11.6 Å². The van der Waals surface area contributed by atoms with Gasteiger partial charge in [-0.3, -0.25) is 0 Å². The number of hydrogen-bond donors (Lipinski definition) is 2. The third kappa shape index (κ3) is 11.9. The molecule has 0 heterocycles. The molecule has 0 aliphatic carbocycles. The first kappa shape index (κ1) is 37.9. The van der Waals surface area contributed by atoms with E-state index in [1.807, 2.05) is 0 Å². The Labute approximate surface area is 277 Å². The van der Waals surface area contributed by atoms with Crippen molar-refractivity contribution in [1.82, 2.24) is 5.85 Å². The van der Waals surface area contributed by atoms with Crippen molar-refractivity contribution < 1.29 is 61.0 Å². The quantitative estimate of drug-likeness (QED) is 0.119. The van der Waals surface area contributed by atoms with Gasteiger partial charge in [0.05, 0.1) is 0 Å². The van der Waals surface area contributed by atoms with Gasteiger partial charge in [0.15, 0.2) is 0 Å². The van der Waals surface area contributed by atoms with E-state index >= 15 is 0 Å². The molecular formula is C30H38Cl3N2P2Si2Zr. The molecular weight excluding hydrogens is 704 g/mol.